The van der Waals surface area contributed by atoms with E-state index in [1.807, 2.05) is 4.90 Å². The lowest BCUT2D eigenvalue weighted by Gasteiger charge is -2.29. The number of hydrogen-bond acceptors (Lipinski definition) is 5. The Balaban J connectivity index is 1.82. The van der Waals surface area contributed by atoms with Gasteiger partial charge in [0.25, 0.3) is 0 Å². The molecule has 1 unspecified atom stereocenters. The lowest BCUT2D eigenvalue weighted by Crippen LogP contribution is -2.43. The fraction of sp³-hybridized carbons (Fsp3) is 0.429. The average Bonchev–Trinajstić information content (AvgIpc) is 2.97. The average molecular weight is 291 g/mol. The molecule has 6 nitrogen and oxygen atoms in total. The van der Waals surface area contributed by atoms with Crippen LogP contribution in [0.25, 0.3) is 11.4 Å². The van der Waals surface area contributed by atoms with Gasteiger partial charge < -0.3 is 15.4 Å². The van der Waals surface area contributed by atoms with Gasteiger partial charge in [-0.2, -0.15) is 4.98 Å². The molecule has 1 fully saturated rings. The number of anilines is 1. The molecule has 0 spiro atoms. The number of piperidine rings is 1. The highest BCUT2D eigenvalue weighted by molar-refractivity contribution is 5.58. The number of benzene rings is 1. The second-order valence-corrected chi connectivity index (χ2v) is 5.18. The summed E-state index contributed by atoms with van der Waals surface area (Å²) >= 11 is 0. The van der Waals surface area contributed by atoms with Crippen LogP contribution in [0.15, 0.2) is 18.2 Å². The lowest BCUT2D eigenvalue weighted by molar-refractivity contribution is 0.386. The molecule has 0 aliphatic carbocycles. The van der Waals surface area contributed by atoms with Crippen molar-refractivity contribution in [1.29, 1.82) is 0 Å². The number of methoxy groups -OCH3 is 1. The first-order valence-electron chi connectivity index (χ1n) is 6.94. The summed E-state index contributed by atoms with van der Waals surface area (Å²) in [5.74, 6) is 0.926. The number of nitrogens with one attached hydrogen (secondary N) is 1. The number of H-pyrrole nitrogens is 1. The van der Waals surface area contributed by atoms with E-state index in [1.165, 1.54) is 13.2 Å². The number of aromatic nitrogens is 3. The van der Waals surface area contributed by atoms with Crippen molar-refractivity contribution in [3.05, 3.63) is 24.0 Å². The molecule has 3 rings (SSSR count). The standard InChI is InChI=1S/C14H18FN5O/c1-21-12-5-4-9(7-11(12)15)13-17-14(19-18-13)20-6-2-3-10(16)8-20/h4-5,7,10H,2-3,6,8,16H2,1H3,(H,17,18,19). The normalized spacial score (nSPS) is 18.8. The van der Waals surface area contributed by atoms with E-state index in [1.54, 1.807) is 12.1 Å². The van der Waals surface area contributed by atoms with Gasteiger partial charge in [-0.3, -0.25) is 5.10 Å². The molecule has 0 bridgehead atoms. The molecule has 0 radical (unpaired) electrons. The Kier molecular flexibility index (Phi) is 3.74. The number of nitrogens with zero attached hydrogens (tertiary/aromatic N) is 3. The fourth-order valence-electron chi connectivity index (χ4n) is 2.53. The van der Waals surface area contributed by atoms with Crippen molar-refractivity contribution in [2.24, 2.45) is 5.73 Å². The fourth-order valence-corrected chi connectivity index (χ4v) is 2.53. The molecule has 2 aromatic rings. The van der Waals surface area contributed by atoms with Crippen molar-refractivity contribution in [3.8, 4) is 17.1 Å². The third-order valence-corrected chi connectivity index (χ3v) is 3.64. The van der Waals surface area contributed by atoms with Gasteiger partial charge in [-0.25, -0.2) is 4.39 Å². The third kappa shape index (κ3) is 2.82. The van der Waals surface area contributed by atoms with Crippen molar-refractivity contribution in [3.63, 3.8) is 0 Å². The molecular weight excluding hydrogens is 273 g/mol. The molecule has 1 saturated heterocycles. The summed E-state index contributed by atoms with van der Waals surface area (Å²) in [6.07, 6.45) is 2.06. The minimum atomic E-state index is -0.423. The van der Waals surface area contributed by atoms with Crippen LogP contribution in [0.4, 0.5) is 10.3 Å². The van der Waals surface area contributed by atoms with Gasteiger partial charge >= 0.3 is 0 Å². The van der Waals surface area contributed by atoms with Gasteiger partial charge in [-0.15, -0.1) is 5.10 Å². The summed E-state index contributed by atoms with van der Waals surface area (Å²) in [5, 5.41) is 7.05. The van der Waals surface area contributed by atoms with Crippen LogP contribution in [0, 0.1) is 5.82 Å². The second-order valence-electron chi connectivity index (χ2n) is 5.18. The molecule has 1 aromatic carbocycles. The molecule has 1 aliphatic rings. The molecule has 1 atom stereocenters. The Bertz CT molecular complexity index is 630. The van der Waals surface area contributed by atoms with E-state index >= 15 is 0 Å². The van der Waals surface area contributed by atoms with Gasteiger partial charge in [-0.05, 0) is 31.0 Å². The monoisotopic (exact) mass is 291 g/mol. The van der Waals surface area contributed by atoms with Crippen molar-refractivity contribution in [2.75, 3.05) is 25.1 Å². The Labute approximate surface area is 122 Å². The first kappa shape index (κ1) is 13.8. The van der Waals surface area contributed by atoms with Gasteiger partial charge in [0, 0.05) is 24.7 Å². The topological polar surface area (TPSA) is 80.1 Å². The van der Waals surface area contributed by atoms with Gasteiger partial charge in [0.05, 0.1) is 7.11 Å². The molecule has 112 valence electrons. The molecule has 21 heavy (non-hydrogen) atoms. The molecule has 2 heterocycles. The van der Waals surface area contributed by atoms with E-state index in [2.05, 4.69) is 15.2 Å². The highest BCUT2D eigenvalue weighted by Crippen LogP contribution is 2.24. The Morgan fingerprint density at radius 3 is 3.05 bits per heavy atom. The van der Waals surface area contributed by atoms with Crippen LogP contribution in [0.1, 0.15) is 12.8 Å². The Morgan fingerprint density at radius 1 is 1.48 bits per heavy atom. The van der Waals surface area contributed by atoms with Crippen molar-refractivity contribution >= 4 is 5.95 Å². The molecular formula is C14H18FN5O. The molecule has 1 aromatic heterocycles. The van der Waals surface area contributed by atoms with E-state index in [0.717, 1.165) is 25.9 Å². The van der Waals surface area contributed by atoms with Crippen molar-refractivity contribution in [2.45, 2.75) is 18.9 Å². The molecule has 7 heteroatoms. The van der Waals surface area contributed by atoms with Gasteiger partial charge in [0.15, 0.2) is 17.4 Å². The molecule has 3 N–H and O–H groups in total. The van der Waals surface area contributed by atoms with E-state index in [-0.39, 0.29) is 11.8 Å². The summed E-state index contributed by atoms with van der Waals surface area (Å²) < 4.78 is 18.6. The van der Waals surface area contributed by atoms with Crippen LogP contribution < -0.4 is 15.4 Å². The number of aromatic amines is 1. The number of hydrogen-bond donors (Lipinski definition) is 2. The highest BCUT2D eigenvalue weighted by Gasteiger charge is 2.20. The third-order valence-electron chi connectivity index (χ3n) is 3.64. The summed E-state index contributed by atoms with van der Waals surface area (Å²) in [5.41, 5.74) is 6.59. The number of rotatable bonds is 3. The van der Waals surface area contributed by atoms with Crippen molar-refractivity contribution < 1.29 is 9.13 Å². The van der Waals surface area contributed by atoms with Crippen molar-refractivity contribution in [1.82, 2.24) is 15.2 Å². The quantitative estimate of drug-likeness (QED) is 0.897. The minimum absolute atomic E-state index is 0.152. The maximum atomic E-state index is 13.7. The van der Waals surface area contributed by atoms with Crippen LogP contribution >= 0.6 is 0 Å². The zero-order valence-corrected chi connectivity index (χ0v) is 11.8. The van der Waals surface area contributed by atoms with E-state index in [0.29, 0.717) is 17.3 Å². The maximum Gasteiger partial charge on any atom is 0.245 e. The number of ether oxygens (including phenoxy) is 1. The van der Waals surface area contributed by atoms with E-state index < -0.39 is 5.82 Å². The summed E-state index contributed by atoms with van der Waals surface area (Å²) in [4.78, 5) is 6.48. The summed E-state index contributed by atoms with van der Waals surface area (Å²) in [6.45, 7) is 1.64. The minimum Gasteiger partial charge on any atom is -0.494 e. The van der Waals surface area contributed by atoms with Crippen LogP contribution in [0.2, 0.25) is 0 Å². The molecule has 1 aliphatic heterocycles. The van der Waals surface area contributed by atoms with E-state index in [4.69, 9.17) is 10.5 Å². The first-order valence-corrected chi connectivity index (χ1v) is 6.94. The van der Waals surface area contributed by atoms with E-state index in [9.17, 15) is 4.39 Å². The summed E-state index contributed by atoms with van der Waals surface area (Å²) in [6, 6.07) is 4.85. The maximum absolute atomic E-state index is 13.7. The second kappa shape index (κ2) is 5.69. The Morgan fingerprint density at radius 2 is 2.33 bits per heavy atom. The Hall–Kier alpha value is -2.15. The zero-order valence-electron chi connectivity index (χ0n) is 11.8. The first-order chi connectivity index (χ1) is 10.2. The lowest BCUT2D eigenvalue weighted by atomic mass is 10.1. The SMILES string of the molecule is COc1ccc(-c2nc(N3CCCC(N)C3)n[nH]2)cc1F. The summed E-state index contributed by atoms with van der Waals surface area (Å²) in [7, 11) is 1.43. The molecule has 0 saturated carbocycles. The van der Waals surface area contributed by atoms with Gasteiger partial charge in [0.1, 0.15) is 0 Å². The predicted molar refractivity (Wildman–Crippen MR) is 77.8 cm³/mol. The van der Waals surface area contributed by atoms with Crippen LogP contribution in [-0.4, -0.2) is 41.4 Å². The number of halogens is 1. The van der Waals surface area contributed by atoms with Gasteiger partial charge in [-0.1, -0.05) is 0 Å². The van der Waals surface area contributed by atoms with Gasteiger partial charge in [0.2, 0.25) is 5.95 Å². The highest BCUT2D eigenvalue weighted by atomic mass is 19.1. The van der Waals surface area contributed by atoms with Crippen LogP contribution in [-0.2, 0) is 0 Å². The smallest absolute Gasteiger partial charge is 0.245 e. The zero-order chi connectivity index (χ0) is 14.8. The van der Waals surface area contributed by atoms with Crippen LogP contribution in [0.3, 0.4) is 0 Å². The van der Waals surface area contributed by atoms with Crippen LogP contribution in [0.5, 0.6) is 5.75 Å². The predicted octanol–water partition coefficient (Wildman–Crippen LogP) is 1.55. The largest absolute Gasteiger partial charge is 0.494 e. The number of nitrogens with two attached hydrogens (primary N) is 1. The molecule has 0 amide bonds.